The number of fused-ring (bicyclic) bond motifs is 1. The summed E-state index contributed by atoms with van der Waals surface area (Å²) in [6, 6.07) is 7.64. The molecule has 3 aromatic rings. The number of nitro benzene ring substituents is 1. The molecule has 1 heterocycles. The van der Waals surface area contributed by atoms with E-state index in [0.29, 0.717) is 10.3 Å². The van der Waals surface area contributed by atoms with Crippen LogP contribution in [0.5, 0.6) is 5.75 Å². The number of nitro groups is 1. The van der Waals surface area contributed by atoms with Gasteiger partial charge in [0, 0.05) is 6.07 Å². The second-order valence-corrected chi connectivity index (χ2v) is 7.47. The van der Waals surface area contributed by atoms with E-state index in [1.807, 2.05) is 0 Å². The van der Waals surface area contributed by atoms with Crippen molar-refractivity contribution >= 4 is 43.0 Å². The molecule has 0 spiro atoms. The highest BCUT2D eigenvalue weighted by Crippen LogP contribution is 2.30. The van der Waals surface area contributed by atoms with E-state index in [9.17, 15) is 23.3 Å². The molecule has 1 aromatic heterocycles. The Hall–Kier alpha value is -2.92. The van der Waals surface area contributed by atoms with Crippen molar-refractivity contribution in [2.24, 2.45) is 0 Å². The number of nitrogens with zero attached hydrogens (tertiary/aromatic N) is 1. The van der Waals surface area contributed by atoms with Crippen molar-refractivity contribution in [2.45, 2.75) is 4.90 Å². The number of methoxy groups -OCH3 is 1. The Bertz CT molecular complexity index is 1130. The second kappa shape index (κ2) is 6.18. The molecule has 0 bridgehead atoms. The molecule has 25 heavy (non-hydrogen) atoms. The zero-order valence-electron chi connectivity index (χ0n) is 12.6. The largest absolute Gasteiger partial charge is 0.490 e. The molecule has 0 aliphatic carbocycles. The zero-order valence-corrected chi connectivity index (χ0v) is 14.2. The van der Waals surface area contributed by atoms with Crippen LogP contribution in [-0.4, -0.2) is 20.5 Å². The lowest BCUT2D eigenvalue weighted by Gasteiger charge is -2.09. The van der Waals surface area contributed by atoms with Crippen molar-refractivity contribution < 1.29 is 22.5 Å². The van der Waals surface area contributed by atoms with Gasteiger partial charge in [0.1, 0.15) is 5.58 Å². The normalized spacial score (nSPS) is 11.4. The highest BCUT2D eigenvalue weighted by Gasteiger charge is 2.22. The van der Waals surface area contributed by atoms with Crippen molar-refractivity contribution in [1.82, 2.24) is 0 Å². The lowest BCUT2D eigenvalue weighted by molar-refractivity contribution is -0.386. The Labute approximate surface area is 144 Å². The third-order valence-corrected chi connectivity index (χ3v) is 5.41. The van der Waals surface area contributed by atoms with Crippen molar-refractivity contribution in [3.8, 4) is 5.75 Å². The Balaban J connectivity index is 1.99. The van der Waals surface area contributed by atoms with E-state index in [1.165, 1.54) is 37.4 Å². The Morgan fingerprint density at radius 3 is 2.68 bits per heavy atom. The number of anilines is 1. The standard InChI is InChI=1S/C14H10N2O7S2/c1-22-11-5-3-9(7-10(11)16(18)19)25(20,21)15-8-2-4-12-13(6-8)24-14(17)23-12/h2-7,15H,1H3. The summed E-state index contributed by atoms with van der Waals surface area (Å²) in [7, 11) is -2.82. The Morgan fingerprint density at radius 1 is 1.24 bits per heavy atom. The molecule has 9 nitrogen and oxygen atoms in total. The summed E-state index contributed by atoms with van der Waals surface area (Å²) in [6.45, 7) is 0. The molecule has 0 amide bonds. The molecule has 3 rings (SSSR count). The van der Waals surface area contributed by atoms with Crippen LogP contribution in [0.1, 0.15) is 0 Å². The molecule has 130 valence electrons. The van der Waals surface area contributed by atoms with Crippen LogP contribution in [0, 0.1) is 10.1 Å². The zero-order chi connectivity index (χ0) is 18.2. The lowest BCUT2D eigenvalue weighted by atomic mass is 10.3. The quantitative estimate of drug-likeness (QED) is 0.530. The summed E-state index contributed by atoms with van der Waals surface area (Å²) in [5.41, 5.74) is 0.0786. The molecule has 1 N–H and O–H groups in total. The van der Waals surface area contributed by atoms with Crippen LogP contribution >= 0.6 is 11.3 Å². The molecule has 0 saturated heterocycles. The monoisotopic (exact) mass is 382 g/mol. The molecular weight excluding hydrogens is 372 g/mol. The van der Waals surface area contributed by atoms with Gasteiger partial charge in [0.15, 0.2) is 5.75 Å². The van der Waals surface area contributed by atoms with Gasteiger partial charge >= 0.3 is 10.6 Å². The highest BCUT2D eigenvalue weighted by atomic mass is 32.2. The van der Waals surface area contributed by atoms with Gasteiger partial charge in [0.25, 0.3) is 10.0 Å². The molecule has 0 unspecified atom stereocenters. The first-order valence-electron chi connectivity index (χ1n) is 6.69. The number of rotatable bonds is 5. The molecule has 11 heteroatoms. The smallest absolute Gasteiger partial charge is 0.396 e. The topological polar surface area (TPSA) is 129 Å². The number of benzene rings is 2. The van der Waals surface area contributed by atoms with E-state index in [-0.39, 0.29) is 16.3 Å². The van der Waals surface area contributed by atoms with E-state index in [0.717, 1.165) is 17.4 Å². The fourth-order valence-corrected chi connectivity index (χ4v) is 3.91. The van der Waals surface area contributed by atoms with Crippen molar-refractivity contribution in [3.05, 3.63) is 56.2 Å². The van der Waals surface area contributed by atoms with Gasteiger partial charge in [-0.15, -0.1) is 0 Å². The minimum atomic E-state index is -4.07. The van der Waals surface area contributed by atoms with E-state index in [2.05, 4.69) is 4.72 Å². The van der Waals surface area contributed by atoms with Gasteiger partial charge in [-0.3, -0.25) is 14.8 Å². The Kier molecular flexibility index (Phi) is 4.18. The van der Waals surface area contributed by atoms with Crippen LogP contribution in [0.25, 0.3) is 10.3 Å². The summed E-state index contributed by atoms with van der Waals surface area (Å²) in [6.07, 6.45) is 0. The number of ether oxygens (including phenoxy) is 1. The summed E-state index contributed by atoms with van der Waals surface area (Å²) in [4.78, 5) is 20.7. The third kappa shape index (κ3) is 3.32. The van der Waals surface area contributed by atoms with Gasteiger partial charge in [-0.25, -0.2) is 13.2 Å². The minimum Gasteiger partial charge on any atom is -0.490 e. The highest BCUT2D eigenvalue weighted by molar-refractivity contribution is 7.92. The van der Waals surface area contributed by atoms with Gasteiger partial charge in [-0.2, -0.15) is 0 Å². The molecule has 0 radical (unpaired) electrons. The number of hydrogen-bond acceptors (Lipinski definition) is 8. The fourth-order valence-electron chi connectivity index (χ4n) is 2.13. The van der Waals surface area contributed by atoms with Crippen LogP contribution in [-0.2, 0) is 10.0 Å². The van der Waals surface area contributed by atoms with Crippen molar-refractivity contribution in [1.29, 1.82) is 0 Å². The van der Waals surface area contributed by atoms with Crippen LogP contribution < -0.4 is 14.4 Å². The molecule has 0 atom stereocenters. The molecule has 0 aliphatic heterocycles. The van der Waals surface area contributed by atoms with E-state index in [1.54, 1.807) is 0 Å². The number of sulfonamides is 1. The van der Waals surface area contributed by atoms with Crippen LogP contribution in [0.2, 0.25) is 0 Å². The molecule has 0 fully saturated rings. The predicted molar refractivity (Wildman–Crippen MR) is 90.8 cm³/mol. The lowest BCUT2D eigenvalue weighted by Crippen LogP contribution is -2.13. The van der Waals surface area contributed by atoms with Gasteiger partial charge in [-0.1, -0.05) is 11.3 Å². The maximum absolute atomic E-state index is 12.5. The van der Waals surface area contributed by atoms with Crippen molar-refractivity contribution in [3.63, 3.8) is 0 Å². The molecule has 0 aliphatic rings. The first kappa shape index (κ1) is 16.9. The summed E-state index contributed by atoms with van der Waals surface area (Å²) >= 11 is 0.837. The molecular formula is C14H10N2O7S2. The molecule has 0 saturated carbocycles. The average Bonchev–Trinajstić information content (AvgIpc) is 2.93. The second-order valence-electron chi connectivity index (χ2n) is 4.81. The van der Waals surface area contributed by atoms with Gasteiger partial charge in [-0.05, 0) is 30.3 Å². The average molecular weight is 382 g/mol. The fraction of sp³-hybridized carbons (Fsp3) is 0.0714. The predicted octanol–water partition coefficient (Wildman–Crippen LogP) is 2.57. The van der Waals surface area contributed by atoms with Gasteiger partial charge in [0.2, 0.25) is 0 Å². The Morgan fingerprint density at radius 2 is 2.00 bits per heavy atom. The maximum Gasteiger partial charge on any atom is 0.396 e. The van der Waals surface area contributed by atoms with E-state index in [4.69, 9.17) is 9.15 Å². The van der Waals surface area contributed by atoms with E-state index < -0.39 is 25.6 Å². The number of nitrogens with one attached hydrogen (secondary N) is 1. The van der Waals surface area contributed by atoms with Crippen molar-refractivity contribution in [2.75, 3.05) is 11.8 Å². The summed E-state index contributed by atoms with van der Waals surface area (Å²) in [5.74, 6) is -0.0476. The minimum absolute atomic E-state index is 0.0476. The molecule has 2 aromatic carbocycles. The first-order valence-corrected chi connectivity index (χ1v) is 8.99. The third-order valence-electron chi connectivity index (χ3n) is 3.24. The first-order chi connectivity index (χ1) is 11.8. The van der Waals surface area contributed by atoms with E-state index >= 15 is 0 Å². The van der Waals surface area contributed by atoms with Crippen LogP contribution in [0.15, 0.2) is 50.5 Å². The SMILES string of the molecule is COc1ccc(S(=O)(=O)Nc2ccc3oc(=O)sc3c2)cc1[N+](=O)[O-]. The summed E-state index contributed by atoms with van der Waals surface area (Å²) < 4.78 is 37.5. The van der Waals surface area contributed by atoms with Crippen LogP contribution in [0.3, 0.4) is 0 Å². The van der Waals surface area contributed by atoms with Gasteiger partial charge in [0.05, 0.1) is 27.3 Å². The maximum atomic E-state index is 12.5. The van der Waals surface area contributed by atoms with Crippen LogP contribution in [0.4, 0.5) is 11.4 Å². The van der Waals surface area contributed by atoms with Gasteiger partial charge < -0.3 is 9.15 Å². The number of hydrogen-bond donors (Lipinski definition) is 1. The summed E-state index contributed by atoms with van der Waals surface area (Å²) in [5, 5.41) is 11.0.